The number of hydrogen-bond donors (Lipinski definition) is 0. The molecule has 0 bridgehead atoms. The average Bonchev–Trinajstić information content (AvgIpc) is 1.81. The molecular formula is C7H18O2Si. The lowest BCUT2D eigenvalue weighted by atomic mass is 9.99. The minimum Gasteiger partial charge on any atom is -0.404 e. The van der Waals surface area contributed by atoms with E-state index in [9.17, 15) is 0 Å². The van der Waals surface area contributed by atoms with E-state index >= 15 is 0 Å². The Morgan fingerprint density at radius 3 is 2.20 bits per heavy atom. The highest BCUT2D eigenvalue weighted by Gasteiger charge is 2.11. The summed E-state index contributed by atoms with van der Waals surface area (Å²) in [5.74, 6) is 0. The van der Waals surface area contributed by atoms with E-state index in [0.29, 0.717) is 0 Å². The standard InChI is InChI=1S/C7H18O2Si/c1-6(9-10)8-5-7(2,3)4/h6H,5H2,1-4,10H3. The lowest BCUT2D eigenvalue weighted by Gasteiger charge is -2.21. The lowest BCUT2D eigenvalue weighted by Crippen LogP contribution is -2.20. The van der Waals surface area contributed by atoms with Crippen LogP contribution in [0.2, 0.25) is 0 Å². The van der Waals surface area contributed by atoms with Crippen molar-refractivity contribution < 1.29 is 9.16 Å². The average molecular weight is 162 g/mol. The Morgan fingerprint density at radius 1 is 1.40 bits per heavy atom. The van der Waals surface area contributed by atoms with E-state index < -0.39 is 0 Å². The van der Waals surface area contributed by atoms with E-state index in [-0.39, 0.29) is 11.7 Å². The molecule has 62 valence electrons. The molecule has 0 aromatic rings. The maximum atomic E-state index is 5.37. The summed E-state index contributed by atoms with van der Waals surface area (Å²) >= 11 is 0. The lowest BCUT2D eigenvalue weighted by molar-refractivity contribution is -0.0864. The predicted molar refractivity (Wildman–Crippen MR) is 45.9 cm³/mol. The molecule has 0 saturated heterocycles. The zero-order valence-electron chi connectivity index (χ0n) is 7.60. The second kappa shape index (κ2) is 4.11. The molecule has 0 aliphatic heterocycles. The molecule has 0 rings (SSSR count). The zero-order chi connectivity index (χ0) is 8.20. The van der Waals surface area contributed by atoms with Crippen LogP contribution in [0.5, 0.6) is 0 Å². The van der Waals surface area contributed by atoms with Crippen molar-refractivity contribution in [3.63, 3.8) is 0 Å². The van der Waals surface area contributed by atoms with Crippen molar-refractivity contribution in [2.24, 2.45) is 5.41 Å². The van der Waals surface area contributed by atoms with Gasteiger partial charge in [0.25, 0.3) is 0 Å². The molecule has 0 radical (unpaired) electrons. The maximum Gasteiger partial charge on any atom is 0.149 e. The van der Waals surface area contributed by atoms with Crippen molar-refractivity contribution in [2.45, 2.75) is 34.0 Å². The molecule has 0 aromatic carbocycles. The van der Waals surface area contributed by atoms with E-state index in [0.717, 1.165) is 17.1 Å². The molecule has 0 fully saturated rings. The zero-order valence-corrected chi connectivity index (χ0v) is 9.60. The van der Waals surface area contributed by atoms with Crippen molar-refractivity contribution in [1.82, 2.24) is 0 Å². The minimum absolute atomic E-state index is 0.0223. The number of ether oxygens (including phenoxy) is 1. The summed E-state index contributed by atoms with van der Waals surface area (Å²) in [7, 11) is 0.749. The highest BCUT2D eigenvalue weighted by atomic mass is 28.2. The van der Waals surface area contributed by atoms with Crippen LogP contribution in [0.15, 0.2) is 0 Å². The Labute approximate surface area is 66.5 Å². The van der Waals surface area contributed by atoms with Gasteiger partial charge in [0.2, 0.25) is 0 Å². The molecule has 10 heavy (non-hydrogen) atoms. The highest BCUT2D eigenvalue weighted by Crippen LogP contribution is 2.13. The van der Waals surface area contributed by atoms with E-state index in [1.165, 1.54) is 0 Å². The smallest absolute Gasteiger partial charge is 0.149 e. The van der Waals surface area contributed by atoms with Gasteiger partial charge in [-0.25, -0.2) is 0 Å². The Bertz CT molecular complexity index is 88.1. The van der Waals surface area contributed by atoms with E-state index in [1.54, 1.807) is 0 Å². The van der Waals surface area contributed by atoms with Crippen molar-refractivity contribution in [1.29, 1.82) is 0 Å². The maximum absolute atomic E-state index is 5.37. The molecule has 0 N–H and O–H groups in total. The van der Waals surface area contributed by atoms with Gasteiger partial charge in [0.15, 0.2) is 0 Å². The van der Waals surface area contributed by atoms with Crippen molar-refractivity contribution in [2.75, 3.05) is 6.61 Å². The van der Waals surface area contributed by atoms with Gasteiger partial charge >= 0.3 is 0 Å². The summed E-state index contributed by atoms with van der Waals surface area (Å²) in [6.07, 6.45) is -0.0223. The highest BCUT2D eigenvalue weighted by molar-refractivity contribution is 5.98. The van der Waals surface area contributed by atoms with Crippen LogP contribution in [0.25, 0.3) is 0 Å². The first-order valence-corrected chi connectivity index (χ1v) is 4.42. The van der Waals surface area contributed by atoms with Crippen LogP contribution >= 0.6 is 0 Å². The normalized spacial score (nSPS) is 15.6. The molecule has 0 heterocycles. The van der Waals surface area contributed by atoms with Crippen LogP contribution in [-0.2, 0) is 9.16 Å². The third kappa shape index (κ3) is 6.26. The molecule has 3 heteroatoms. The van der Waals surface area contributed by atoms with Gasteiger partial charge in [0, 0.05) is 0 Å². The summed E-state index contributed by atoms with van der Waals surface area (Å²) in [6.45, 7) is 9.13. The minimum atomic E-state index is -0.0223. The van der Waals surface area contributed by atoms with E-state index in [1.807, 2.05) is 6.92 Å². The molecule has 1 unspecified atom stereocenters. The van der Waals surface area contributed by atoms with Crippen LogP contribution in [0.1, 0.15) is 27.7 Å². The van der Waals surface area contributed by atoms with Crippen LogP contribution < -0.4 is 0 Å². The van der Waals surface area contributed by atoms with Crippen molar-refractivity contribution in [3.05, 3.63) is 0 Å². The van der Waals surface area contributed by atoms with Gasteiger partial charge in [-0.2, -0.15) is 0 Å². The Morgan fingerprint density at radius 2 is 1.90 bits per heavy atom. The third-order valence-electron chi connectivity index (χ3n) is 1.08. The number of hydrogen-bond acceptors (Lipinski definition) is 2. The van der Waals surface area contributed by atoms with E-state index in [4.69, 9.17) is 9.16 Å². The Hall–Kier alpha value is 0.137. The summed E-state index contributed by atoms with van der Waals surface area (Å²) in [4.78, 5) is 0. The van der Waals surface area contributed by atoms with Crippen LogP contribution in [-0.4, -0.2) is 23.4 Å². The monoisotopic (exact) mass is 162 g/mol. The summed E-state index contributed by atoms with van der Waals surface area (Å²) in [5.41, 5.74) is 0.244. The largest absolute Gasteiger partial charge is 0.404 e. The second-order valence-electron chi connectivity index (χ2n) is 3.67. The second-order valence-corrected chi connectivity index (χ2v) is 4.15. The van der Waals surface area contributed by atoms with Crippen LogP contribution in [0, 0.1) is 5.41 Å². The fraction of sp³-hybridized carbons (Fsp3) is 1.00. The molecule has 0 saturated carbocycles. The number of rotatable bonds is 3. The SMILES string of the molecule is CC(O[SiH3])OCC(C)(C)C. The molecule has 0 aliphatic rings. The molecule has 2 nitrogen and oxygen atoms in total. The topological polar surface area (TPSA) is 18.5 Å². The molecule has 0 aliphatic carbocycles. The van der Waals surface area contributed by atoms with Crippen LogP contribution in [0.4, 0.5) is 0 Å². The van der Waals surface area contributed by atoms with Crippen molar-refractivity contribution in [3.8, 4) is 0 Å². The van der Waals surface area contributed by atoms with Gasteiger partial charge in [-0.1, -0.05) is 20.8 Å². The molecule has 1 atom stereocenters. The first kappa shape index (κ1) is 10.1. The fourth-order valence-corrected chi connectivity index (χ4v) is 0.571. The summed E-state index contributed by atoms with van der Waals surface area (Å²) < 4.78 is 10.4. The predicted octanol–water partition coefficient (Wildman–Crippen LogP) is 0.692. The van der Waals surface area contributed by atoms with Gasteiger partial charge < -0.3 is 9.16 Å². The summed E-state index contributed by atoms with van der Waals surface area (Å²) in [6, 6.07) is 0. The first-order valence-electron chi connectivity index (χ1n) is 3.60. The molecular weight excluding hydrogens is 144 g/mol. The Kier molecular flexibility index (Phi) is 4.16. The first-order chi connectivity index (χ1) is 4.45. The molecule has 0 aromatic heterocycles. The Balaban J connectivity index is 3.36. The van der Waals surface area contributed by atoms with Gasteiger partial charge in [0.1, 0.15) is 16.8 Å². The third-order valence-corrected chi connectivity index (χ3v) is 1.75. The van der Waals surface area contributed by atoms with Crippen LogP contribution in [0.3, 0.4) is 0 Å². The molecule has 0 spiro atoms. The van der Waals surface area contributed by atoms with Gasteiger partial charge in [0.05, 0.1) is 6.61 Å². The van der Waals surface area contributed by atoms with Gasteiger partial charge in [-0.05, 0) is 12.3 Å². The fourth-order valence-electron chi connectivity index (χ4n) is 0.435. The van der Waals surface area contributed by atoms with E-state index in [2.05, 4.69) is 20.8 Å². The van der Waals surface area contributed by atoms with Crippen molar-refractivity contribution >= 4 is 10.5 Å². The quantitative estimate of drug-likeness (QED) is 0.449. The summed E-state index contributed by atoms with van der Waals surface area (Å²) in [5, 5.41) is 0. The molecule has 0 amide bonds. The van der Waals surface area contributed by atoms with Gasteiger partial charge in [-0.15, -0.1) is 0 Å². The van der Waals surface area contributed by atoms with Gasteiger partial charge in [-0.3, -0.25) is 0 Å².